The molecule has 1 amide bonds. The summed E-state index contributed by atoms with van der Waals surface area (Å²) in [6, 6.07) is 2.55. The molecule has 1 aromatic carbocycles. The van der Waals surface area contributed by atoms with Crippen LogP contribution in [0.15, 0.2) is 12.1 Å². The third-order valence-corrected chi connectivity index (χ3v) is 2.40. The Morgan fingerprint density at radius 3 is 2.50 bits per heavy atom. The molecule has 0 bridgehead atoms. The summed E-state index contributed by atoms with van der Waals surface area (Å²) in [5.41, 5.74) is 11.2. The first-order chi connectivity index (χ1) is 7.50. The van der Waals surface area contributed by atoms with Crippen LogP contribution in [0, 0.1) is 10.1 Å². The Morgan fingerprint density at radius 2 is 2.06 bits per heavy atom. The van der Waals surface area contributed by atoms with Gasteiger partial charge in [-0.3, -0.25) is 14.9 Å². The van der Waals surface area contributed by atoms with Gasteiger partial charge in [-0.2, -0.15) is 0 Å². The molecule has 0 saturated carbocycles. The summed E-state index contributed by atoms with van der Waals surface area (Å²) in [7, 11) is 0. The second-order valence-electron chi connectivity index (χ2n) is 3.54. The lowest BCUT2D eigenvalue weighted by Gasteiger charge is -2.08. The van der Waals surface area contributed by atoms with Crippen LogP contribution in [0.5, 0.6) is 0 Å². The average molecular weight is 222 g/mol. The molecule has 16 heavy (non-hydrogen) atoms. The normalized spacial score (nSPS) is 13.6. The zero-order chi connectivity index (χ0) is 11.9. The molecule has 0 aromatic heterocycles. The predicted octanol–water partition coefficient (Wildman–Crippen LogP) is 0.0959. The molecule has 1 aromatic rings. The molecule has 1 fully saturated rings. The number of carbonyl (C=O) groups excluding carboxylic acids is 1. The van der Waals surface area contributed by atoms with Crippen molar-refractivity contribution in [3.8, 4) is 0 Å². The highest BCUT2D eigenvalue weighted by Gasteiger charge is 2.26. The van der Waals surface area contributed by atoms with E-state index < -0.39 is 10.8 Å². The van der Waals surface area contributed by atoms with Crippen LogP contribution in [-0.2, 0) is 0 Å². The molecule has 0 aliphatic carbocycles. The number of hydrogen-bond donors (Lipinski definition) is 2. The topological polar surface area (TPSA) is 115 Å². The van der Waals surface area contributed by atoms with Crippen molar-refractivity contribution < 1.29 is 9.72 Å². The van der Waals surface area contributed by atoms with Gasteiger partial charge in [0.05, 0.1) is 16.3 Å². The van der Waals surface area contributed by atoms with Crippen LogP contribution < -0.4 is 16.4 Å². The van der Waals surface area contributed by atoms with Gasteiger partial charge in [-0.25, -0.2) is 0 Å². The number of primary amides is 1. The Morgan fingerprint density at radius 1 is 1.44 bits per heavy atom. The smallest absolute Gasteiger partial charge is 0.284 e. The number of nitrogen functional groups attached to an aromatic ring is 1. The van der Waals surface area contributed by atoms with E-state index in [-0.39, 0.29) is 16.9 Å². The molecular formula is C9H10N4O3. The summed E-state index contributed by atoms with van der Waals surface area (Å²) in [6.07, 6.45) is 0. The number of rotatable bonds is 3. The van der Waals surface area contributed by atoms with Crippen LogP contribution in [0.3, 0.4) is 0 Å². The van der Waals surface area contributed by atoms with E-state index in [2.05, 4.69) is 0 Å². The van der Waals surface area contributed by atoms with E-state index in [0.29, 0.717) is 5.69 Å². The van der Waals surface area contributed by atoms with Crippen molar-refractivity contribution in [3.05, 3.63) is 27.8 Å². The predicted molar refractivity (Wildman–Crippen MR) is 58.2 cm³/mol. The quantitative estimate of drug-likeness (QED) is 0.325. The highest BCUT2D eigenvalue weighted by atomic mass is 16.6. The molecule has 0 radical (unpaired) electrons. The summed E-state index contributed by atoms with van der Waals surface area (Å²) in [5.74, 6) is -0.824. The van der Waals surface area contributed by atoms with Crippen LogP contribution in [0.25, 0.3) is 0 Å². The number of carbonyl (C=O) groups is 1. The Hall–Kier alpha value is -2.31. The molecule has 2 rings (SSSR count). The standard InChI is InChI=1S/C9H10N4O3/c10-6-4-7(13(15)16)5(9(11)14)3-8(6)12-1-2-12/h3-4H,1-2,10H2,(H2,11,14). The lowest BCUT2D eigenvalue weighted by Crippen LogP contribution is -2.14. The summed E-state index contributed by atoms with van der Waals surface area (Å²) in [5, 5.41) is 10.7. The number of amides is 1. The number of nitro groups is 1. The van der Waals surface area contributed by atoms with Gasteiger partial charge in [-0.1, -0.05) is 0 Å². The number of nitrogens with two attached hydrogens (primary N) is 2. The zero-order valence-electron chi connectivity index (χ0n) is 8.34. The Labute approximate surface area is 90.8 Å². The van der Waals surface area contributed by atoms with Gasteiger partial charge in [0.1, 0.15) is 5.56 Å². The zero-order valence-corrected chi connectivity index (χ0v) is 8.34. The van der Waals surface area contributed by atoms with Crippen molar-refractivity contribution in [2.75, 3.05) is 23.7 Å². The van der Waals surface area contributed by atoms with Crippen molar-refractivity contribution in [2.45, 2.75) is 0 Å². The minimum atomic E-state index is -0.824. The number of anilines is 2. The lowest BCUT2D eigenvalue weighted by atomic mass is 10.1. The van der Waals surface area contributed by atoms with Crippen molar-refractivity contribution in [3.63, 3.8) is 0 Å². The maximum absolute atomic E-state index is 11.1. The van der Waals surface area contributed by atoms with Gasteiger partial charge in [0.2, 0.25) is 0 Å². The molecule has 1 saturated heterocycles. The lowest BCUT2D eigenvalue weighted by molar-refractivity contribution is -0.385. The molecule has 0 unspecified atom stereocenters. The monoisotopic (exact) mass is 222 g/mol. The highest BCUT2D eigenvalue weighted by Crippen LogP contribution is 2.34. The molecule has 1 aliphatic rings. The highest BCUT2D eigenvalue weighted by molar-refractivity contribution is 5.99. The second-order valence-corrected chi connectivity index (χ2v) is 3.54. The Bertz CT molecular complexity index is 482. The van der Waals surface area contributed by atoms with E-state index in [1.165, 1.54) is 12.1 Å². The minimum Gasteiger partial charge on any atom is -0.397 e. The van der Waals surface area contributed by atoms with Gasteiger partial charge in [0.15, 0.2) is 0 Å². The molecule has 7 heteroatoms. The summed E-state index contributed by atoms with van der Waals surface area (Å²) in [4.78, 5) is 23.0. The van der Waals surface area contributed by atoms with Crippen molar-refractivity contribution >= 4 is 23.0 Å². The van der Waals surface area contributed by atoms with E-state index in [1.54, 1.807) is 0 Å². The van der Waals surface area contributed by atoms with Gasteiger partial charge >= 0.3 is 0 Å². The van der Waals surface area contributed by atoms with Crippen LogP contribution in [-0.4, -0.2) is 23.9 Å². The first-order valence-electron chi connectivity index (χ1n) is 4.63. The molecule has 1 aliphatic heterocycles. The van der Waals surface area contributed by atoms with Gasteiger partial charge in [-0.05, 0) is 6.07 Å². The van der Waals surface area contributed by atoms with Crippen LogP contribution in [0.1, 0.15) is 10.4 Å². The molecule has 0 atom stereocenters. The fourth-order valence-corrected chi connectivity index (χ4v) is 1.51. The maximum atomic E-state index is 11.1. The van der Waals surface area contributed by atoms with Gasteiger partial charge < -0.3 is 16.4 Å². The minimum absolute atomic E-state index is 0.110. The van der Waals surface area contributed by atoms with Gasteiger partial charge in [0.25, 0.3) is 11.6 Å². The van der Waals surface area contributed by atoms with Crippen LogP contribution >= 0.6 is 0 Å². The van der Waals surface area contributed by atoms with E-state index in [9.17, 15) is 14.9 Å². The molecule has 7 nitrogen and oxygen atoms in total. The third-order valence-electron chi connectivity index (χ3n) is 2.40. The van der Waals surface area contributed by atoms with E-state index >= 15 is 0 Å². The average Bonchev–Trinajstić information content (AvgIpc) is 3.00. The van der Waals surface area contributed by atoms with Crippen molar-refractivity contribution in [1.82, 2.24) is 0 Å². The number of hydrogen-bond acceptors (Lipinski definition) is 5. The third kappa shape index (κ3) is 1.62. The molecule has 1 heterocycles. The first kappa shape index (κ1) is 10.2. The molecule has 84 valence electrons. The Balaban J connectivity index is 2.58. The fraction of sp³-hybridized carbons (Fsp3) is 0.222. The van der Waals surface area contributed by atoms with E-state index in [4.69, 9.17) is 11.5 Å². The number of nitro benzene ring substituents is 1. The number of benzene rings is 1. The SMILES string of the molecule is NC(=O)c1cc(N2CC2)c(N)cc1[N+](=O)[O-]. The Kier molecular flexibility index (Phi) is 2.15. The van der Waals surface area contributed by atoms with Gasteiger partial charge in [0, 0.05) is 19.2 Å². The molecule has 0 spiro atoms. The fourth-order valence-electron chi connectivity index (χ4n) is 1.51. The first-order valence-corrected chi connectivity index (χ1v) is 4.63. The molecular weight excluding hydrogens is 212 g/mol. The van der Waals surface area contributed by atoms with Crippen LogP contribution in [0.2, 0.25) is 0 Å². The van der Waals surface area contributed by atoms with Crippen LogP contribution in [0.4, 0.5) is 17.1 Å². The van der Waals surface area contributed by atoms with Crippen molar-refractivity contribution in [1.29, 1.82) is 0 Å². The second kappa shape index (κ2) is 3.37. The van der Waals surface area contributed by atoms with Crippen molar-refractivity contribution in [2.24, 2.45) is 5.73 Å². The molecule has 4 N–H and O–H groups in total. The van der Waals surface area contributed by atoms with E-state index in [0.717, 1.165) is 13.1 Å². The summed E-state index contributed by atoms with van der Waals surface area (Å²) in [6.45, 7) is 1.67. The van der Waals surface area contributed by atoms with Gasteiger partial charge in [-0.15, -0.1) is 0 Å². The largest absolute Gasteiger partial charge is 0.397 e. The summed E-state index contributed by atoms with van der Waals surface area (Å²) >= 11 is 0. The number of nitrogens with zero attached hydrogens (tertiary/aromatic N) is 2. The maximum Gasteiger partial charge on any atom is 0.284 e. The summed E-state index contributed by atoms with van der Waals surface area (Å²) < 4.78 is 0. The van der Waals surface area contributed by atoms with E-state index in [1.807, 2.05) is 4.90 Å².